The molecule has 0 radical (unpaired) electrons. The van der Waals surface area contributed by atoms with Gasteiger partial charge in [0.2, 0.25) is 11.0 Å². The molecular formula is C14H20N2O2S2. The Kier molecular flexibility index (Phi) is 5.63. The molecular weight excluding hydrogens is 292 g/mol. The van der Waals surface area contributed by atoms with E-state index >= 15 is 0 Å². The molecule has 2 rings (SSSR count). The van der Waals surface area contributed by atoms with Crippen molar-refractivity contribution in [2.45, 2.75) is 31.8 Å². The second-order valence-electron chi connectivity index (χ2n) is 5.12. The standard InChI is InChI=1S/C14H20N2O2S2/c1-10(8-11-4-3-6-19-11)16(2)9-13(17)15-12-5-7-20-14(12)18/h3-4,6,10,12H,5,7-9H2,1-2H3,(H,15,17)/t10-,12-/m0/s1. The van der Waals surface area contributed by atoms with Crippen LogP contribution in [0.3, 0.4) is 0 Å². The number of nitrogens with zero attached hydrogens (tertiary/aromatic N) is 1. The molecule has 4 nitrogen and oxygen atoms in total. The molecule has 0 aromatic carbocycles. The van der Waals surface area contributed by atoms with Crippen LogP contribution in [0.25, 0.3) is 0 Å². The van der Waals surface area contributed by atoms with E-state index in [4.69, 9.17) is 0 Å². The first kappa shape index (κ1) is 15.5. The van der Waals surface area contributed by atoms with Crippen molar-refractivity contribution in [3.63, 3.8) is 0 Å². The number of amides is 1. The number of rotatable bonds is 6. The molecule has 0 aliphatic carbocycles. The summed E-state index contributed by atoms with van der Waals surface area (Å²) in [6, 6.07) is 4.17. The SMILES string of the molecule is C[C@@H](Cc1cccs1)N(C)CC(=O)N[C@H]1CCSC1=O. The van der Waals surface area contributed by atoms with Crippen molar-refractivity contribution in [1.82, 2.24) is 10.2 Å². The van der Waals surface area contributed by atoms with Gasteiger partial charge >= 0.3 is 0 Å². The number of likely N-dealkylation sites (N-methyl/N-ethyl adjacent to an activating group) is 1. The van der Waals surface area contributed by atoms with Crippen LogP contribution in [0.2, 0.25) is 0 Å². The number of hydrogen-bond donors (Lipinski definition) is 1. The Labute approximate surface area is 127 Å². The highest BCUT2D eigenvalue weighted by atomic mass is 32.2. The fourth-order valence-corrected chi connectivity index (χ4v) is 3.88. The van der Waals surface area contributed by atoms with Gasteiger partial charge in [-0.3, -0.25) is 14.5 Å². The Hall–Kier alpha value is -0.850. The minimum absolute atomic E-state index is 0.0635. The summed E-state index contributed by atoms with van der Waals surface area (Å²) in [4.78, 5) is 26.8. The zero-order valence-electron chi connectivity index (χ0n) is 11.8. The van der Waals surface area contributed by atoms with E-state index in [1.165, 1.54) is 16.6 Å². The van der Waals surface area contributed by atoms with E-state index in [-0.39, 0.29) is 17.1 Å². The molecule has 1 aromatic rings. The quantitative estimate of drug-likeness (QED) is 0.869. The van der Waals surface area contributed by atoms with Gasteiger partial charge in [0.25, 0.3) is 0 Å². The van der Waals surface area contributed by atoms with Crippen LogP contribution in [-0.4, -0.2) is 47.4 Å². The van der Waals surface area contributed by atoms with E-state index < -0.39 is 0 Å². The lowest BCUT2D eigenvalue weighted by molar-refractivity contribution is -0.125. The molecule has 1 amide bonds. The number of carbonyl (C=O) groups excluding carboxylic acids is 2. The first-order valence-electron chi connectivity index (χ1n) is 6.75. The number of thiophene rings is 1. The molecule has 1 aromatic heterocycles. The summed E-state index contributed by atoms with van der Waals surface area (Å²) in [5.74, 6) is 0.750. The minimum atomic E-state index is -0.284. The average molecular weight is 312 g/mol. The molecule has 1 saturated heterocycles. The molecule has 1 N–H and O–H groups in total. The summed E-state index contributed by atoms with van der Waals surface area (Å²) < 4.78 is 0. The summed E-state index contributed by atoms with van der Waals surface area (Å²) >= 11 is 3.05. The van der Waals surface area contributed by atoms with Crippen molar-refractivity contribution in [3.05, 3.63) is 22.4 Å². The maximum absolute atomic E-state index is 12.0. The highest BCUT2D eigenvalue weighted by molar-refractivity contribution is 8.14. The third-order valence-electron chi connectivity index (χ3n) is 3.49. The lowest BCUT2D eigenvalue weighted by Crippen LogP contribution is -2.44. The second-order valence-corrected chi connectivity index (χ2v) is 7.26. The van der Waals surface area contributed by atoms with Crippen molar-refractivity contribution < 1.29 is 9.59 Å². The summed E-state index contributed by atoms with van der Waals surface area (Å²) in [6.07, 6.45) is 1.70. The summed E-state index contributed by atoms with van der Waals surface area (Å²) in [7, 11) is 1.95. The molecule has 0 saturated carbocycles. The Morgan fingerprint density at radius 3 is 3.00 bits per heavy atom. The van der Waals surface area contributed by atoms with Crippen LogP contribution >= 0.6 is 23.1 Å². The highest BCUT2D eigenvalue weighted by Crippen LogP contribution is 2.19. The van der Waals surface area contributed by atoms with Gasteiger partial charge in [0.15, 0.2) is 0 Å². The Balaban J connectivity index is 1.76. The summed E-state index contributed by atoms with van der Waals surface area (Å²) in [5.41, 5.74) is 0. The van der Waals surface area contributed by atoms with Crippen LogP contribution in [0, 0.1) is 0 Å². The van der Waals surface area contributed by atoms with Crippen molar-refractivity contribution in [1.29, 1.82) is 0 Å². The first-order valence-corrected chi connectivity index (χ1v) is 8.61. The molecule has 0 bridgehead atoms. The van der Waals surface area contributed by atoms with Gasteiger partial charge < -0.3 is 5.32 Å². The fourth-order valence-electron chi connectivity index (χ4n) is 2.12. The Morgan fingerprint density at radius 2 is 2.40 bits per heavy atom. The maximum atomic E-state index is 12.0. The first-order chi connectivity index (χ1) is 9.56. The second kappa shape index (κ2) is 7.24. The molecule has 2 heterocycles. The molecule has 110 valence electrons. The van der Waals surface area contributed by atoms with E-state index in [1.54, 1.807) is 11.3 Å². The van der Waals surface area contributed by atoms with Gasteiger partial charge in [0.1, 0.15) is 0 Å². The topological polar surface area (TPSA) is 49.4 Å². The van der Waals surface area contributed by atoms with Gasteiger partial charge in [-0.25, -0.2) is 0 Å². The van der Waals surface area contributed by atoms with Crippen molar-refractivity contribution >= 4 is 34.1 Å². The number of nitrogens with one attached hydrogen (secondary N) is 1. The fraction of sp³-hybridized carbons (Fsp3) is 0.571. The highest BCUT2D eigenvalue weighted by Gasteiger charge is 2.27. The van der Waals surface area contributed by atoms with Crippen LogP contribution in [0.15, 0.2) is 17.5 Å². The zero-order valence-corrected chi connectivity index (χ0v) is 13.4. The summed E-state index contributed by atoms with van der Waals surface area (Å²) in [6.45, 7) is 2.45. The molecule has 0 unspecified atom stereocenters. The minimum Gasteiger partial charge on any atom is -0.344 e. The van der Waals surface area contributed by atoms with Gasteiger partial charge in [-0.15, -0.1) is 11.3 Å². The van der Waals surface area contributed by atoms with Gasteiger partial charge in [-0.1, -0.05) is 17.8 Å². The lowest BCUT2D eigenvalue weighted by atomic mass is 10.2. The smallest absolute Gasteiger partial charge is 0.234 e. The predicted octanol–water partition coefficient (Wildman–Crippen LogP) is 1.76. The normalized spacial score (nSPS) is 20.4. The molecule has 2 atom stereocenters. The summed E-state index contributed by atoms with van der Waals surface area (Å²) in [5, 5.41) is 4.98. The van der Waals surface area contributed by atoms with E-state index in [0.717, 1.165) is 18.6 Å². The van der Waals surface area contributed by atoms with Gasteiger partial charge in [-0.05, 0) is 38.3 Å². The molecule has 20 heavy (non-hydrogen) atoms. The molecule has 1 aliphatic rings. The van der Waals surface area contributed by atoms with E-state index in [2.05, 4.69) is 23.7 Å². The van der Waals surface area contributed by atoms with Crippen LogP contribution in [0.1, 0.15) is 18.2 Å². The molecule has 1 aliphatic heterocycles. The lowest BCUT2D eigenvalue weighted by Gasteiger charge is -2.24. The van der Waals surface area contributed by atoms with E-state index in [1.807, 2.05) is 18.0 Å². The van der Waals surface area contributed by atoms with Gasteiger partial charge in [0, 0.05) is 16.7 Å². The Morgan fingerprint density at radius 1 is 1.60 bits per heavy atom. The van der Waals surface area contributed by atoms with Crippen LogP contribution in [0.4, 0.5) is 0 Å². The zero-order chi connectivity index (χ0) is 14.5. The van der Waals surface area contributed by atoms with Crippen LogP contribution in [0.5, 0.6) is 0 Å². The van der Waals surface area contributed by atoms with Crippen LogP contribution < -0.4 is 5.32 Å². The predicted molar refractivity (Wildman–Crippen MR) is 84.1 cm³/mol. The van der Waals surface area contributed by atoms with Gasteiger partial charge in [-0.2, -0.15) is 0 Å². The maximum Gasteiger partial charge on any atom is 0.234 e. The van der Waals surface area contributed by atoms with Crippen LogP contribution in [-0.2, 0) is 16.0 Å². The largest absolute Gasteiger partial charge is 0.344 e. The average Bonchev–Trinajstić information content (AvgIpc) is 3.02. The number of carbonyl (C=O) groups is 2. The van der Waals surface area contributed by atoms with E-state index in [0.29, 0.717) is 12.6 Å². The van der Waals surface area contributed by atoms with Gasteiger partial charge in [0.05, 0.1) is 12.6 Å². The van der Waals surface area contributed by atoms with Crippen molar-refractivity contribution in [3.8, 4) is 0 Å². The molecule has 0 spiro atoms. The van der Waals surface area contributed by atoms with Crippen molar-refractivity contribution in [2.75, 3.05) is 19.3 Å². The number of thioether (sulfide) groups is 1. The molecule has 1 fully saturated rings. The van der Waals surface area contributed by atoms with Crippen molar-refractivity contribution in [2.24, 2.45) is 0 Å². The third kappa shape index (κ3) is 4.33. The number of hydrogen-bond acceptors (Lipinski definition) is 5. The molecule has 6 heteroatoms. The monoisotopic (exact) mass is 312 g/mol. The van der Waals surface area contributed by atoms with E-state index in [9.17, 15) is 9.59 Å². The Bertz CT molecular complexity index is 462. The third-order valence-corrected chi connectivity index (χ3v) is 5.40.